The van der Waals surface area contributed by atoms with Gasteiger partial charge in [-0.05, 0) is 37.3 Å². The monoisotopic (exact) mass is 413 g/mol. The summed E-state index contributed by atoms with van der Waals surface area (Å²) in [7, 11) is 0. The van der Waals surface area contributed by atoms with Crippen molar-refractivity contribution < 1.29 is 13.6 Å². The third kappa shape index (κ3) is 4.49. The average Bonchev–Trinajstić information content (AvgIpc) is 3.17. The van der Waals surface area contributed by atoms with Crippen molar-refractivity contribution >= 4 is 23.1 Å². The summed E-state index contributed by atoms with van der Waals surface area (Å²) in [6.07, 6.45) is 1.71. The van der Waals surface area contributed by atoms with Gasteiger partial charge in [-0.25, -0.2) is 9.37 Å². The summed E-state index contributed by atoms with van der Waals surface area (Å²) in [4.78, 5) is 20.0. The topological polar surface area (TPSA) is 49.6 Å². The Kier molecular flexibility index (Phi) is 5.65. The zero-order valence-electron chi connectivity index (χ0n) is 16.1. The number of anilines is 1. The molecule has 29 heavy (non-hydrogen) atoms. The molecule has 0 unspecified atom stereocenters. The van der Waals surface area contributed by atoms with E-state index in [1.54, 1.807) is 18.3 Å². The summed E-state index contributed by atoms with van der Waals surface area (Å²) in [5.74, 6) is 0.840. The third-order valence-electron chi connectivity index (χ3n) is 5.09. The molecule has 3 aromatic rings. The number of piperazine rings is 1. The van der Waals surface area contributed by atoms with E-state index in [9.17, 15) is 9.18 Å². The first-order chi connectivity index (χ1) is 14.0. The number of hydrogen-bond acceptors (Lipinski definition) is 5. The van der Waals surface area contributed by atoms with E-state index < -0.39 is 0 Å². The number of hydrogen-bond donors (Lipinski definition) is 0. The number of halogens is 2. The van der Waals surface area contributed by atoms with Crippen molar-refractivity contribution in [2.45, 2.75) is 13.5 Å². The van der Waals surface area contributed by atoms with Gasteiger partial charge in [-0.2, -0.15) is 0 Å². The van der Waals surface area contributed by atoms with Gasteiger partial charge in [0.1, 0.15) is 5.82 Å². The first-order valence-corrected chi connectivity index (χ1v) is 9.86. The summed E-state index contributed by atoms with van der Waals surface area (Å²) >= 11 is 6.04. The highest BCUT2D eigenvalue weighted by Gasteiger charge is 2.21. The molecule has 1 aliphatic heterocycles. The lowest BCUT2D eigenvalue weighted by molar-refractivity contribution is 0.101. The maximum Gasteiger partial charge on any atom is 0.209 e. The second-order valence-corrected chi connectivity index (χ2v) is 7.55. The molecule has 0 N–H and O–H groups in total. The summed E-state index contributed by atoms with van der Waals surface area (Å²) in [5.41, 5.74) is 1.82. The highest BCUT2D eigenvalue weighted by Crippen LogP contribution is 2.25. The number of benzene rings is 2. The van der Waals surface area contributed by atoms with E-state index in [1.165, 1.54) is 13.0 Å². The number of nitrogens with zero attached hydrogens (tertiary/aromatic N) is 3. The lowest BCUT2D eigenvalue weighted by atomic mass is 10.1. The van der Waals surface area contributed by atoms with Gasteiger partial charge in [-0.15, -0.1) is 0 Å². The Morgan fingerprint density at radius 3 is 2.66 bits per heavy atom. The second-order valence-electron chi connectivity index (χ2n) is 7.11. The maximum atomic E-state index is 14.4. The fourth-order valence-electron chi connectivity index (χ4n) is 3.48. The van der Waals surface area contributed by atoms with Crippen LogP contribution < -0.4 is 4.90 Å². The Morgan fingerprint density at radius 2 is 1.97 bits per heavy atom. The van der Waals surface area contributed by atoms with E-state index in [0.29, 0.717) is 47.6 Å². The predicted octanol–water partition coefficient (Wildman–Crippen LogP) is 4.66. The van der Waals surface area contributed by atoms with E-state index >= 15 is 0 Å². The standard InChI is InChI=1S/C22H21ClFN3O2/c1-15(28)16-5-6-20(19(24)12-16)27-9-7-26(8-10-27)14-22-25-13-21(29-22)17-3-2-4-18(23)11-17/h2-6,11-13H,7-10,14H2,1H3. The lowest BCUT2D eigenvalue weighted by Gasteiger charge is -2.35. The molecule has 1 saturated heterocycles. The van der Waals surface area contributed by atoms with Crippen LogP contribution in [0.4, 0.5) is 10.1 Å². The van der Waals surface area contributed by atoms with Gasteiger partial charge in [0.2, 0.25) is 5.89 Å². The van der Waals surface area contributed by atoms with Gasteiger partial charge in [-0.1, -0.05) is 23.7 Å². The number of ketones is 1. The summed E-state index contributed by atoms with van der Waals surface area (Å²) in [6, 6.07) is 12.1. The van der Waals surface area contributed by atoms with E-state index in [0.717, 1.165) is 18.7 Å². The normalized spacial score (nSPS) is 14.9. The molecule has 1 fully saturated rings. The Hall–Kier alpha value is -2.70. The fourth-order valence-corrected chi connectivity index (χ4v) is 3.67. The largest absolute Gasteiger partial charge is 0.439 e. The Bertz CT molecular complexity index is 1030. The number of aromatic nitrogens is 1. The van der Waals surface area contributed by atoms with Crippen LogP contribution in [0.1, 0.15) is 23.2 Å². The molecule has 0 saturated carbocycles. The molecular formula is C22H21ClFN3O2. The number of oxazole rings is 1. The molecule has 2 aromatic carbocycles. The van der Waals surface area contributed by atoms with E-state index in [4.69, 9.17) is 16.0 Å². The number of Topliss-reactive ketones (excluding diaryl/α,β-unsaturated/α-hetero) is 1. The minimum Gasteiger partial charge on any atom is -0.439 e. The van der Waals surface area contributed by atoms with Crippen LogP contribution in [0.3, 0.4) is 0 Å². The molecule has 0 spiro atoms. The van der Waals surface area contributed by atoms with Gasteiger partial charge in [0.05, 0.1) is 18.4 Å². The van der Waals surface area contributed by atoms with Crippen LogP contribution in [0, 0.1) is 5.82 Å². The van der Waals surface area contributed by atoms with Crippen LogP contribution >= 0.6 is 11.6 Å². The smallest absolute Gasteiger partial charge is 0.209 e. The van der Waals surface area contributed by atoms with Crippen molar-refractivity contribution in [1.82, 2.24) is 9.88 Å². The van der Waals surface area contributed by atoms with Crippen LogP contribution in [0.2, 0.25) is 5.02 Å². The molecule has 0 amide bonds. The van der Waals surface area contributed by atoms with Crippen molar-refractivity contribution in [3.8, 4) is 11.3 Å². The van der Waals surface area contributed by atoms with Gasteiger partial charge in [0, 0.05) is 42.3 Å². The van der Waals surface area contributed by atoms with E-state index in [-0.39, 0.29) is 11.6 Å². The van der Waals surface area contributed by atoms with Gasteiger partial charge in [0.25, 0.3) is 0 Å². The van der Waals surface area contributed by atoms with Crippen LogP contribution in [0.5, 0.6) is 0 Å². The molecule has 4 rings (SSSR count). The molecule has 0 bridgehead atoms. The predicted molar refractivity (Wildman–Crippen MR) is 111 cm³/mol. The van der Waals surface area contributed by atoms with Crippen LogP contribution in [0.25, 0.3) is 11.3 Å². The van der Waals surface area contributed by atoms with Gasteiger partial charge in [-0.3, -0.25) is 9.69 Å². The van der Waals surface area contributed by atoms with Gasteiger partial charge >= 0.3 is 0 Å². The molecule has 2 heterocycles. The van der Waals surface area contributed by atoms with Crippen LogP contribution in [0.15, 0.2) is 53.1 Å². The molecule has 5 nitrogen and oxygen atoms in total. The highest BCUT2D eigenvalue weighted by molar-refractivity contribution is 6.30. The molecule has 0 atom stereocenters. The molecule has 0 aliphatic carbocycles. The van der Waals surface area contributed by atoms with Crippen LogP contribution in [-0.2, 0) is 6.54 Å². The summed E-state index contributed by atoms with van der Waals surface area (Å²) in [6.45, 7) is 4.95. The molecule has 1 aromatic heterocycles. The van der Waals surface area contributed by atoms with Crippen LogP contribution in [-0.4, -0.2) is 41.8 Å². The van der Waals surface area contributed by atoms with Crippen molar-refractivity contribution in [3.05, 3.63) is 71.0 Å². The van der Waals surface area contributed by atoms with Gasteiger partial charge in [0.15, 0.2) is 11.5 Å². The minimum atomic E-state index is -0.356. The first kappa shape index (κ1) is 19.6. The molecule has 7 heteroatoms. The van der Waals surface area contributed by atoms with Crippen molar-refractivity contribution in [1.29, 1.82) is 0 Å². The maximum absolute atomic E-state index is 14.4. The summed E-state index contributed by atoms with van der Waals surface area (Å²) in [5, 5.41) is 0.653. The highest BCUT2D eigenvalue weighted by atomic mass is 35.5. The van der Waals surface area contributed by atoms with Crippen molar-refractivity contribution in [2.75, 3.05) is 31.1 Å². The third-order valence-corrected chi connectivity index (χ3v) is 5.32. The number of carbonyl (C=O) groups is 1. The molecule has 150 valence electrons. The number of rotatable bonds is 5. The molecule has 1 aliphatic rings. The van der Waals surface area contributed by atoms with E-state index in [2.05, 4.69) is 9.88 Å². The molecular weight excluding hydrogens is 393 g/mol. The molecule has 0 radical (unpaired) electrons. The van der Waals surface area contributed by atoms with E-state index in [1.807, 2.05) is 29.2 Å². The SMILES string of the molecule is CC(=O)c1ccc(N2CCN(Cc3ncc(-c4cccc(Cl)c4)o3)CC2)c(F)c1. The Morgan fingerprint density at radius 1 is 1.17 bits per heavy atom. The average molecular weight is 414 g/mol. The quantitative estimate of drug-likeness (QED) is 0.569. The van der Waals surface area contributed by atoms with Gasteiger partial charge < -0.3 is 9.32 Å². The fraction of sp³-hybridized carbons (Fsp3) is 0.273. The number of carbonyl (C=O) groups excluding carboxylic acids is 1. The summed E-state index contributed by atoms with van der Waals surface area (Å²) < 4.78 is 20.3. The minimum absolute atomic E-state index is 0.136. The van der Waals surface area contributed by atoms with Crippen molar-refractivity contribution in [3.63, 3.8) is 0 Å². The zero-order chi connectivity index (χ0) is 20.4. The zero-order valence-corrected chi connectivity index (χ0v) is 16.8. The van der Waals surface area contributed by atoms with Crippen molar-refractivity contribution in [2.24, 2.45) is 0 Å². The first-order valence-electron chi connectivity index (χ1n) is 9.48. The second kappa shape index (κ2) is 8.35. The Balaban J connectivity index is 1.36. The lowest BCUT2D eigenvalue weighted by Crippen LogP contribution is -2.46. The Labute approximate surface area is 173 Å².